The molecular formula is C33H33N9O2. The average Bonchev–Trinajstić information content (AvgIpc) is 3.57. The van der Waals surface area contributed by atoms with E-state index in [1.807, 2.05) is 0 Å². The predicted octanol–water partition coefficient (Wildman–Crippen LogP) is 3.76. The Morgan fingerprint density at radius 3 is 2.75 bits per heavy atom. The van der Waals surface area contributed by atoms with Gasteiger partial charge in [-0.25, -0.2) is 14.6 Å². The fourth-order valence-electron chi connectivity index (χ4n) is 6.39. The molecule has 0 saturated carbocycles. The van der Waals surface area contributed by atoms with Crippen LogP contribution in [-0.2, 0) is 24.3 Å². The molecule has 2 aromatic heterocycles. The largest absolute Gasteiger partial charge is 0.475 e. The van der Waals surface area contributed by atoms with Crippen molar-refractivity contribution in [2.45, 2.75) is 38.9 Å². The summed E-state index contributed by atoms with van der Waals surface area (Å²) in [5.74, 6) is 0.0825. The summed E-state index contributed by atoms with van der Waals surface area (Å²) in [6.07, 6.45) is 5.24. The van der Waals surface area contributed by atoms with E-state index in [4.69, 9.17) is 9.72 Å². The van der Waals surface area contributed by atoms with Crippen LogP contribution in [0.5, 0.6) is 5.88 Å². The summed E-state index contributed by atoms with van der Waals surface area (Å²) in [7, 11) is 0. The highest BCUT2D eigenvalue weighted by molar-refractivity contribution is 5.97. The number of rotatable bonds is 8. The van der Waals surface area contributed by atoms with Crippen LogP contribution < -0.4 is 14.5 Å². The molecule has 0 bridgehead atoms. The summed E-state index contributed by atoms with van der Waals surface area (Å²) < 4.78 is 7.85. The minimum Gasteiger partial charge on any atom is -0.475 e. The second kappa shape index (κ2) is 12.4. The summed E-state index contributed by atoms with van der Waals surface area (Å²) in [5.41, 5.74) is 5.39. The molecule has 1 saturated heterocycles. The molecule has 222 valence electrons. The summed E-state index contributed by atoms with van der Waals surface area (Å²) in [4.78, 5) is 27.7. The van der Waals surface area contributed by atoms with E-state index >= 15 is 0 Å². The molecule has 2 aliphatic heterocycles. The van der Waals surface area contributed by atoms with Gasteiger partial charge in [0.15, 0.2) is 0 Å². The highest BCUT2D eigenvalue weighted by Gasteiger charge is 2.35. The first kappa shape index (κ1) is 28.7. The van der Waals surface area contributed by atoms with Gasteiger partial charge in [0.2, 0.25) is 11.8 Å². The Bertz CT molecular complexity index is 1780. The van der Waals surface area contributed by atoms with Gasteiger partial charge in [-0.3, -0.25) is 4.79 Å². The van der Waals surface area contributed by atoms with Crippen molar-refractivity contribution in [2.24, 2.45) is 0 Å². The summed E-state index contributed by atoms with van der Waals surface area (Å²) in [6, 6.07) is 17.0. The summed E-state index contributed by atoms with van der Waals surface area (Å²) in [5, 5.41) is 26.6. The van der Waals surface area contributed by atoms with Gasteiger partial charge in [0.05, 0.1) is 43.0 Å². The molecule has 0 radical (unpaired) electrons. The second-order valence-corrected chi connectivity index (χ2v) is 11.0. The van der Waals surface area contributed by atoms with E-state index in [0.29, 0.717) is 44.7 Å². The van der Waals surface area contributed by atoms with E-state index in [9.17, 15) is 15.3 Å². The third-order valence-electron chi connectivity index (χ3n) is 8.45. The number of anilines is 2. The van der Waals surface area contributed by atoms with Crippen LogP contribution in [0.25, 0.3) is 10.8 Å². The lowest BCUT2D eigenvalue weighted by atomic mass is 9.95. The van der Waals surface area contributed by atoms with Crippen LogP contribution in [0.15, 0.2) is 61.7 Å². The normalized spacial score (nSPS) is 16.2. The fraction of sp³-hybridized carbons (Fsp3) is 0.333. The standard InChI is InChI=1S/C33H33N9O2/c1-3-30(43)42-15-14-40(19-25(42)10-12-34)32-26-11-13-39(29-9-5-8-24-7-4-6-23(2)31(24)29)20-28(26)38-33(27(32)18-35)44-17-16-41-22-36-21-37-41/h3-9,21-22,25H,1,10-11,13-17,19-20H2,2H3/t25-/m0/s1. The van der Waals surface area contributed by atoms with Crippen molar-refractivity contribution in [3.8, 4) is 18.0 Å². The smallest absolute Gasteiger partial charge is 0.246 e. The predicted molar refractivity (Wildman–Crippen MR) is 166 cm³/mol. The van der Waals surface area contributed by atoms with Gasteiger partial charge in [0, 0.05) is 42.8 Å². The maximum absolute atomic E-state index is 12.6. The average molecular weight is 588 g/mol. The van der Waals surface area contributed by atoms with Crippen LogP contribution in [0.3, 0.4) is 0 Å². The van der Waals surface area contributed by atoms with Crippen molar-refractivity contribution < 1.29 is 9.53 Å². The van der Waals surface area contributed by atoms with Crippen LogP contribution in [0.1, 0.15) is 28.8 Å². The van der Waals surface area contributed by atoms with E-state index in [1.54, 1.807) is 15.9 Å². The molecule has 0 unspecified atom stereocenters. The second-order valence-electron chi connectivity index (χ2n) is 11.0. The zero-order valence-electron chi connectivity index (χ0n) is 24.7. The van der Waals surface area contributed by atoms with Gasteiger partial charge in [0.25, 0.3) is 0 Å². The van der Waals surface area contributed by atoms with Gasteiger partial charge in [-0.15, -0.1) is 0 Å². The number of piperazine rings is 1. The van der Waals surface area contributed by atoms with Crippen molar-refractivity contribution >= 4 is 28.1 Å². The van der Waals surface area contributed by atoms with Crippen molar-refractivity contribution in [3.63, 3.8) is 0 Å². The van der Waals surface area contributed by atoms with E-state index in [2.05, 4.69) is 81.9 Å². The number of fused-ring (bicyclic) bond motifs is 2. The molecule has 0 aliphatic carbocycles. The van der Waals surface area contributed by atoms with E-state index in [1.165, 1.54) is 28.7 Å². The zero-order chi connectivity index (χ0) is 30.6. The molecule has 4 aromatic rings. The maximum atomic E-state index is 12.6. The number of nitriles is 2. The Kier molecular flexibility index (Phi) is 8.11. The number of hydrogen-bond donors (Lipinski definition) is 0. The monoisotopic (exact) mass is 587 g/mol. The summed E-state index contributed by atoms with van der Waals surface area (Å²) in [6.45, 7) is 9.14. The molecule has 1 fully saturated rings. The highest BCUT2D eigenvalue weighted by Crippen LogP contribution is 2.40. The van der Waals surface area contributed by atoms with Gasteiger partial charge in [0.1, 0.15) is 30.9 Å². The lowest BCUT2D eigenvalue weighted by Crippen LogP contribution is -2.55. The number of hydrogen-bond acceptors (Lipinski definition) is 9. The Labute approximate surface area is 256 Å². The lowest BCUT2D eigenvalue weighted by molar-refractivity contribution is -0.128. The Hall–Kier alpha value is -5.42. The first-order chi connectivity index (χ1) is 21.5. The number of amides is 1. The molecular weight excluding hydrogens is 554 g/mol. The van der Waals surface area contributed by atoms with Crippen LogP contribution in [0, 0.1) is 29.6 Å². The number of carbonyl (C=O) groups excluding carboxylic acids is 1. The molecule has 6 rings (SSSR count). The SMILES string of the molecule is C=CC(=O)N1CCN(c2c(C#N)c(OCCn3cncn3)nc3c2CCN(c2cccc4cccc(C)c24)C3)C[C@@H]1CC#N. The van der Waals surface area contributed by atoms with Gasteiger partial charge in [-0.1, -0.05) is 36.9 Å². The van der Waals surface area contributed by atoms with E-state index < -0.39 is 0 Å². The molecule has 0 spiro atoms. The minimum atomic E-state index is -0.329. The molecule has 2 aromatic carbocycles. The van der Waals surface area contributed by atoms with Crippen LogP contribution in [0.4, 0.5) is 11.4 Å². The molecule has 2 aliphatic rings. The molecule has 11 nitrogen and oxygen atoms in total. The number of ether oxygens (including phenoxy) is 1. The number of nitrogens with zero attached hydrogens (tertiary/aromatic N) is 9. The third-order valence-corrected chi connectivity index (χ3v) is 8.45. The molecule has 1 atom stereocenters. The van der Waals surface area contributed by atoms with Crippen LogP contribution >= 0.6 is 0 Å². The number of aryl methyl sites for hydroxylation is 1. The number of aromatic nitrogens is 4. The molecule has 0 N–H and O–H groups in total. The topological polar surface area (TPSA) is 127 Å². The zero-order valence-corrected chi connectivity index (χ0v) is 24.7. The van der Waals surface area contributed by atoms with Crippen molar-refractivity contribution in [1.29, 1.82) is 10.5 Å². The number of carbonyl (C=O) groups is 1. The lowest BCUT2D eigenvalue weighted by Gasteiger charge is -2.43. The van der Waals surface area contributed by atoms with Crippen molar-refractivity contribution in [2.75, 3.05) is 42.6 Å². The fourth-order valence-corrected chi connectivity index (χ4v) is 6.39. The van der Waals surface area contributed by atoms with Crippen LogP contribution in [-0.4, -0.2) is 69.4 Å². The van der Waals surface area contributed by atoms with Crippen molar-refractivity contribution in [1.82, 2.24) is 24.6 Å². The Morgan fingerprint density at radius 2 is 2.00 bits per heavy atom. The van der Waals surface area contributed by atoms with Crippen LogP contribution in [0.2, 0.25) is 0 Å². The minimum absolute atomic E-state index is 0.181. The number of benzene rings is 2. The van der Waals surface area contributed by atoms with Gasteiger partial charge in [-0.05, 0) is 36.4 Å². The van der Waals surface area contributed by atoms with Gasteiger partial charge >= 0.3 is 0 Å². The summed E-state index contributed by atoms with van der Waals surface area (Å²) >= 11 is 0. The Morgan fingerprint density at radius 1 is 1.16 bits per heavy atom. The Balaban J connectivity index is 1.40. The first-order valence-corrected chi connectivity index (χ1v) is 14.7. The van der Waals surface area contributed by atoms with E-state index in [-0.39, 0.29) is 30.9 Å². The molecule has 44 heavy (non-hydrogen) atoms. The molecule has 1 amide bonds. The van der Waals surface area contributed by atoms with Gasteiger partial charge < -0.3 is 19.4 Å². The first-order valence-electron chi connectivity index (χ1n) is 14.7. The molecule has 11 heteroatoms. The number of pyridine rings is 1. The van der Waals surface area contributed by atoms with Gasteiger partial charge in [-0.2, -0.15) is 15.6 Å². The maximum Gasteiger partial charge on any atom is 0.246 e. The quantitative estimate of drug-likeness (QED) is 0.283. The van der Waals surface area contributed by atoms with E-state index in [0.717, 1.165) is 29.2 Å². The van der Waals surface area contributed by atoms with Crippen molar-refractivity contribution in [3.05, 3.63) is 84.1 Å². The highest BCUT2D eigenvalue weighted by atomic mass is 16.5. The third kappa shape index (κ3) is 5.40. The molecule has 4 heterocycles.